The largest absolute Gasteiger partial charge is 0.398 e. The van der Waals surface area contributed by atoms with Crippen LogP contribution in [0.1, 0.15) is 37.1 Å². The molecule has 0 radical (unpaired) electrons. The van der Waals surface area contributed by atoms with Crippen molar-refractivity contribution in [2.75, 3.05) is 5.73 Å². The fourth-order valence-electron chi connectivity index (χ4n) is 2.39. The van der Waals surface area contributed by atoms with Crippen LogP contribution in [-0.2, 0) is 12.8 Å². The standard InChI is InChI=1S/C15H20N2/c1-4-6-11-7-8-14-13(9-11)15(16)12(5-2)10(3)17-14/h7-9H,4-6H2,1-3H3,(H2,16,17). The van der Waals surface area contributed by atoms with Crippen molar-refractivity contribution in [3.05, 3.63) is 35.0 Å². The highest BCUT2D eigenvalue weighted by Crippen LogP contribution is 2.27. The minimum Gasteiger partial charge on any atom is -0.398 e. The van der Waals surface area contributed by atoms with Crippen LogP contribution in [0.3, 0.4) is 0 Å². The number of aromatic nitrogens is 1. The van der Waals surface area contributed by atoms with Gasteiger partial charge < -0.3 is 5.73 Å². The Labute approximate surface area is 103 Å². The molecule has 0 spiro atoms. The van der Waals surface area contributed by atoms with E-state index in [1.807, 2.05) is 6.92 Å². The van der Waals surface area contributed by atoms with Crippen LogP contribution in [0.4, 0.5) is 5.69 Å². The second kappa shape index (κ2) is 4.74. The number of hydrogen-bond acceptors (Lipinski definition) is 2. The van der Waals surface area contributed by atoms with E-state index in [1.165, 1.54) is 11.1 Å². The Morgan fingerprint density at radius 2 is 2.00 bits per heavy atom. The fraction of sp³-hybridized carbons (Fsp3) is 0.400. The van der Waals surface area contributed by atoms with Crippen molar-refractivity contribution in [2.24, 2.45) is 0 Å². The van der Waals surface area contributed by atoms with Gasteiger partial charge >= 0.3 is 0 Å². The summed E-state index contributed by atoms with van der Waals surface area (Å²) in [4.78, 5) is 4.63. The predicted octanol–water partition coefficient (Wildman–Crippen LogP) is 3.64. The third-order valence-corrected chi connectivity index (χ3v) is 3.29. The van der Waals surface area contributed by atoms with Crippen LogP contribution < -0.4 is 5.73 Å². The number of benzene rings is 1. The Morgan fingerprint density at radius 1 is 1.24 bits per heavy atom. The topological polar surface area (TPSA) is 38.9 Å². The molecule has 0 amide bonds. The molecule has 1 aromatic heterocycles. The summed E-state index contributed by atoms with van der Waals surface area (Å²) in [5, 5.41) is 1.11. The number of fused-ring (bicyclic) bond motifs is 1. The zero-order valence-electron chi connectivity index (χ0n) is 10.9. The molecule has 2 heteroatoms. The van der Waals surface area contributed by atoms with Gasteiger partial charge in [-0.2, -0.15) is 0 Å². The van der Waals surface area contributed by atoms with E-state index < -0.39 is 0 Å². The summed E-state index contributed by atoms with van der Waals surface area (Å²) in [5.41, 5.74) is 11.8. The normalized spacial score (nSPS) is 11.0. The summed E-state index contributed by atoms with van der Waals surface area (Å²) in [5.74, 6) is 0. The van der Waals surface area contributed by atoms with Crippen LogP contribution in [0.25, 0.3) is 10.9 Å². The maximum Gasteiger partial charge on any atom is 0.0726 e. The smallest absolute Gasteiger partial charge is 0.0726 e. The van der Waals surface area contributed by atoms with E-state index in [9.17, 15) is 0 Å². The molecule has 90 valence electrons. The molecule has 2 aromatic rings. The predicted molar refractivity (Wildman–Crippen MR) is 74.3 cm³/mol. The second-order valence-electron chi connectivity index (χ2n) is 4.54. The molecule has 0 fully saturated rings. The minimum atomic E-state index is 0.910. The van der Waals surface area contributed by atoms with Gasteiger partial charge in [0.05, 0.1) is 5.52 Å². The molecule has 2 nitrogen and oxygen atoms in total. The molecular weight excluding hydrogens is 208 g/mol. The number of hydrogen-bond donors (Lipinski definition) is 1. The van der Waals surface area contributed by atoms with Crippen LogP contribution in [0.15, 0.2) is 18.2 Å². The quantitative estimate of drug-likeness (QED) is 0.871. The van der Waals surface area contributed by atoms with Crippen LogP contribution in [0.5, 0.6) is 0 Å². The zero-order chi connectivity index (χ0) is 12.4. The summed E-state index contributed by atoms with van der Waals surface area (Å²) >= 11 is 0. The SMILES string of the molecule is CCCc1ccc2nc(C)c(CC)c(N)c2c1. The van der Waals surface area contributed by atoms with Crippen molar-refractivity contribution < 1.29 is 0 Å². The lowest BCUT2D eigenvalue weighted by Crippen LogP contribution is -2.01. The summed E-state index contributed by atoms with van der Waals surface area (Å²) < 4.78 is 0. The number of rotatable bonds is 3. The molecule has 1 aromatic carbocycles. The minimum absolute atomic E-state index is 0.910. The first-order valence-electron chi connectivity index (χ1n) is 6.35. The van der Waals surface area contributed by atoms with Crippen molar-refractivity contribution in [2.45, 2.75) is 40.0 Å². The lowest BCUT2D eigenvalue weighted by atomic mass is 10.0. The van der Waals surface area contributed by atoms with Gasteiger partial charge in [0.2, 0.25) is 0 Å². The molecule has 0 unspecified atom stereocenters. The van der Waals surface area contributed by atoms with E-state index in [2.05, 4.69) is 37.0 Å². The molecule has 0 aliphatic heterocycles. The first-order valence-corrected chi connectivity index (χ1v) is 6.35. The van der Waals surface area contributed by atoms with Crippen molar-refractivity contribution in [3.63, 3.8) is 0 Å². The Bertz CT molecular complexity index is 544. The van der Waals surface area contributed by atoms with E-state index in [4.69, 9.17) is 5.73 Å². The number of nitrogens with two attached hydrogens (primary N) is 1. The summed E-state index contributed by atoms with van der Waals surface area (Å²) in [7, 11) is 0. The monoisotopic (exact) mass is 228 g/mol. The molecule has 17 heavy (non-hydrogen) atoms. The van der Waals surface area contributed by atoms with Gasteiger partial charge in [0.25, 0.3) is 0 Å². The Morgan fingerprint density at radius 3 is 2.65 bits per heavy atom. The molecule has 0 bridgehead atoms. The van der Waals surface area contributed by atoms with Gasteiger partial charge in [0, 0.05) is 16.8 Å². The van der Waals surface area contributed by atoms with Crippen molar-refractivity contribution >= 4 is 16.6 Å². The van der Waals surface area contributed by atoms with E-state index in [0.717, 1.165) is 41.5 Å². The first-order chi connectivity index (χ1) is 8.17. The number of aryl methyl sites for hydroxylation is 2. The Kier molecular flexibility index (Phi) is 3.32. The fourth-order valence-corrected chi connectivity index (χ4v) is 2.39. The van der Waals surface area contributed by atoms with Crippen molar-refractivity contribution in [3.8, 4) is 0 Å². The molecule has 2 rings (SSSR count). The van der Waals surface area contributed by atoms with E-state index in [-0.39, 0.29) is 0 Å². The highest BCUT2D eigenvalue weighted by Gasteiger charge is 2.08. The van der Waals surface area contributed by atoms with Gasteiger partial charge in [-0.05, 0) is 43.0 Å². The van der Waals surface area contributed by atoms with Gasteiger partial charge in [-0.25, -0.2) is 0 Å². The molecule has 0 saturated carbocycles. The number of nitrogens with zero attached hydrogens (tertiary/aromatic N) is 1. The van der Waals surface area contributed by atoms with Crippen LogP contribution >= 0.6 is 0 Å². The van der Waals surface area contributed by atoms with Crippen LogP contribution in [0.2, 0.25) is 0 Å². The lowest BCUT2D eigenvalue weighted by Gasteiger charge is -2.11. The zero-order valence-corrected chi connectivity index (χ0v) is 10.9. The lowest BCUT2D eigenvalue weighted by molar-refractivity contribution is 0.923. The Hall–Kier alpha value is -1.57. The third-order valence-electron chi connectivity index (χ3n) is 3.29. The maximum atomic E-state index is 6.26. The summed E-state index contributed by atoms with van der Waals surface area (Å²) in [6.07, 6.45) is 3.20. The average molecular weight is 228 g/mol. The van der Waals surface area contributed by atoms with Crippen molar-refractivity contribution in [1.29, 1.82) is 0 Å². The highest BCUT2D eigenvalue weighted by atomic mass is 14.7. The molecule has 0 atom stereocenters. The molecular formula is C15H20N2. The summed E-state index contributed by atoms with van der Waals surface area (Å²) in [6, 6.07) is 6.44. The van der Waals surface area contributed by atoms with Gasteiger partial charge in [-0.15, -0.1) is 0 Å². The van der Waals surface area contributed by atoms with E-state index >= 15 is 0 Å². The van der Waals surface area contributed by atoms with Crippen LogP contribution in [0, 0.1) is 6.92 Å². The molecule has 0 aliphatic rings. The number of anilines is 1. The van der Waals surface area contributed by atoms with Gasteiger partial charge in [0.1, 0.15) is 0 Å². The maximum absolute atomic E-state index is 6.26. The molecule has 2 N–H and O–H groups in total. The van der Waals surface area contributed by atoms with E-state index in [0.29, 0.717) is 0 Å². The summed E-state index contributed by atoms with van der Waals surface area (Å²) in [6.45, 7) is 6.36. The highest BCUT2D eigenvalue weighted by molar-refractivity contribution is 5.92. The first kappa shape index (κ1) is 11.9. The molecule has 1 heterocycles. The number of pyridine rings is 1. The molecule has 0 aliphatic carbocycles. The van der Waals surface area contributed by atoms with Crippen LogP contribution in [-0.4, -0.2) is 4.98 Å². The Balaban J connectivity index is 2.67. The molecule has 0 saturated heterocycles. The third kappa shape index (κ3) is 2.12. The number of nitrogen functional groups attached to an aromatic ring is 1. The van der Waals surface area contributed by atoms with Crippen molar-refractivity contribution in [1.82, 2.24) is 4.98 Å². The van der Waals surface area contributed by atoms with Gasteiger partial charge in [0.15, 0.2) is 0 Å². The second-order valence-corrected chi connectivity index (χ2v) is 4.54. The van der Waals surface area contributed by atoms with Gasteiger partial charge in [-0.3, -0.25) is 4.98 Å². The van der Waals surface area contributed by atoms with Gasteiger partial charge in [-0.1, -0.05) is 26.3 Å². The van der Waals surface area contributed by atoms with E-state index in [1.54, 1.807) is 0 Å². The average Bonchev–Trinajstić information content (AvgIpc) is 2.31.